The Balaban J connectivity index is 1.48. The van der Waals surface area contributed by atoms with E-state index in [1.165, 1.54) is 17.1 Å². The molecule has 0 bridgehead atoms. The maximum Gasteiger partial charge on any atom is 0.258 e. The molecule has 7 heteroatoms. The second-order valence-corrected chi connectivity index (χ2v) is 9.44. The molecule has 26 heavy (non-hydrogen) atoms. The quantitative estimate of drug-likeness (QED) is 0.586. The first-order valence-electron chi connectivity index (χ1n) is 8.14. The number of carbonyl (C=O) groups excluding carboxylic acids is 1. The average molecular weight is 446 g/mol. The Kier molecular flexibility index (Phi) is 5.38. The minimum Gasteiger partial charge on any atom is -0.322 e. The number of anilines is 1. The molecular formula is C19H16BrN3OS2. The third-order valence-electron chi connectivity index (χ3n) is 3.97. The number of benzene rings is 2. The van der Waals surface area contributed by atoms with E-state index in [9.17, 15) is 4.79 Å². The van der Waals surface area contributed by atoms with Crippen LogP contribution < -0.4 is 5.32 Å². The summed E-state index contributed by atoms with van der Waals surface area (Å²) >= 11 is 7.33. The fourth-order valence-electron chi connectivity index (χ4n) is 2.69. The first-order valence-corrected chi connectivity index (χ1v) is 11.0. The summed E-state index contributed by atoms with van der Waals surface area (Å²) in [7, 11) is 0. The van der Waals surface area contributed by atoms with Crippen LogP contribution in [0.1, 0.15) is 20.5 Å². The third-order valence-corrected chi connectivity index (χ3v) is 7.61. The van der Waals surface area contributed by atoms with Crippen LogP contribution in [0.15, 0.2) is 65.4 Å². The highest BCUT2D eigenvalue weighted by Crippen LogP contribution is 2.45. The molecule has 1 aromatic heterocycles. The second kappa shape index (κ2) is 7.90. The number of hydrogen-bond donors (Lipinski definition) is 1. The van der Waals surface area contributed by atoms with Crippen molar-refractivity contribution >= 4 is 51.0 Å². The smallest absolute Gasteiger partial charge is 0.258 e. The van der Waals surface area contributed by atoms with E-state index in [0.29, 0.717) is 10.1 Å². The highest BCUT2D eigenvalue weighted by molar-refractivity contribution is 9.10. The zero-order valence-corrected chi connectivity index (χ0v) is 17.0. The van der Waals surface area contributed by atoms with Gasteiger partial charge in [0, 0.05) is 27.9 Å². The van der Waals surface area contributed by atoms with Gasteiger partial charge in [-0.1, -0.05) is 28.1 Å². The summed E-state index contributed by atoms with van der Waals surface area (Å²) in [5.41, 5.74) is 3.50. The lowest BCUT2D eigenvalue weighted by Gasteiger charge is -2.10. The van der Waals surface area contributed by atoms with Crippen molar-refractivity contribution < 1.29 is 4.79 Å². The number of rotatable bonds is 4. The molecule has 1 fully saturated rings. The van der Waals surface area contributed by atoms with Gasteiger partial charge in [0.15, 0.2) is 0 Å². The Labute approximate surface area is 168 Å². The molecule has 0 radical (unpaired) electrons. The molecule has 0 saturated carbocycles. The molecule has 1 amide bonds. The fourth-order valence-corrected chi connectivity index (χ4v) is 5.79. The number of nitrogens with one attached hydrogen (secondary N) is 1. The van der Waals surface area contributed by atoms with Gasteiger partial charge < -0.3 is 5.32 Å². The monoisotopic (exact) mass is 445 g/mol. The highest BCUT2D eigenvalue weighted by Gasteiger charge is 2.18. The van der Waals surface area contributed by atoms with E-state index in [2.05, 4.69) is 38.5 Å². The molecule has 2 heterocycles. The predicted molar refractivity (Wildman–Crippen MR) is 113 cm³/mol. The lowest BCUT2D eigenvalue weighted by molar-refractivity contribution is 0.102. The van der Waals surface area contributed by atoms with Crippen molar-refractivity contribution in [2.45, 2.75) is 4.58 Å². The average Bonchev–Trinajstić information content (AvgIpc) is 3.35. The summed E-state index contributed by atoms with van der Waals surface area (Å²) in [6.45, 7) is 0. The van der Waals surface area contributed by atoms with Crippen LogP contribution in [0.25, 0.3) is 5.69 Å². The minimum absolute atomic E-state index is 0.155. The molecule has 0 spiro atoms. The van der Waals surface area contributed by atoms with Gasteiger partial charge >= 0.3 is 0 Å². The Morgan fingerprint density at radius 3 is 2.69 bits per heavy atom. The van der Waals surface area contributed by atoms with Crippen molar-refractivity contribution in [2.24, 2.45) is 0 Å². The van der Waals surface area contributed by atoms with Crippen molar-refractivity contribution in [3.8, 4) is 5.69 Å². The standard InChI is InChI=1S/C19H16BrN3OS2/c20-15-4-6-17(7-5-15)23-12-14(11-21-23)18(24)22-16-3-1-2-13(10-16)19-25-8-9-26-19/h1-7,10-12,19H,8-9H2,(H,22,24). The van der Waals surface area contributed by atoms with Gasteiger partial charge in [0.1, 0.15) is 0 Å². The van der Waals surface area contributed by atoms with Crippen LogP contribution in [0.2, 0.25) is 0 Å². The van der Waals surface area contributed by atoms with E-state index in [-0.39, 0.29) is 5.91 Å². The second-order valence-electron chi connectivity index (χ2n) is 5.80. The van der Waals surface area contributed by atoms with Crippen molar-refractivity contribution in [3.05, 3.63) is 76.5 Å². The van der Waals surface area contributed by atoms with Gasteiger partial charge in [0.25, 0.3) is 5.91 Å². The summed E-state index contributed by atoms with van der Waals surface area (Å²) in [5.74, 6) is 2.21. The number of carbonyl (C=O) groups is 1. The van der Waals surface area contributed by atoms with Gasteiger partial charge in [-0.15, -0.1) is 23.5 Å². The Morgan fingerprint density at radius 1 is 1.15 bits per heavy atom. The molecule has 1 aliphatic heterocycles. The molecule has 4 rings (SSSR count). The van der Waals surface area contributed by atoms with Gasteiger partial charge in [-0.2, -0.15) is 5.10 Å². The Bertz CT molecular complexity index is 921. The molecular weight excluding hydrogens is 430 g/mol. The van der Waals surface area contributed by atoms with Crippen LogP contribution >= 0.6 is 39.5 Å². The summed E-state index contributed by atoms with van der Waals surface area (Å²) in [6, 6.07) is 15.9. The zero-order valence-electron chi connectivity index (χ0n) is 13.8. The van der Waals surface area contributed by atoms with E-state index in [0.717, 1.165) is 15.8 Å². The van der Waals surface area contributed by atoms with Gasteiger partial charge in [-0.25, -0.2) is 4.68 Å². The van der Waals surface area contributed by atoms with E-state index in [1.807, 2.05) is 59.9 Å². The largest absolute Gasteiger partial charge is 0.322 e. The topological polar surface area (TPSA) is 46.9 Å². The van der Waals surface area contributed by atoms with Crippen molar-refractivity contribution in [1.29, 1.82) is 0 Å². The van der Waals surface area contributed by atoms with E-state index in [4.69, 9.17) is 0 Å². The zero-order chi connectivity index (χ0) is 17.9. The van der Waals surface area contributed by atoms with Crippen LogP contribution in [0, 0.1) is 0 Å². The first-order chi connectivity index (χ1) is 12.7. The summed E-state index contributed by atoms with van der Waals surface area (Å²) in [4.78, 5) is 12.6. The van der Waals surface area contributed by atoms with Crippen LogP contribution in [0.5, 0.6) is 0 Å². The van der Waals surface area contributed by atoms with Crippen LogP contribution in [0.4, 0.5) is 5.69 Å². The Morgan fingerprint density at radius 2 is 1.92 bits per heavy atom. The lowest BCUT2D eigenvalue weighted by atomic mass is 10.2. The van der Waals surface area contributed by atoms with Gasteiger partial charge in [-0.3, -0.25) is 4.79 Å². The van der Waals surface area contributed by atoms with Gasteiger partial charge in [-0.05, 0) is 42.0 Å². The number of nitrogens with zero attached hydrogens (tertiary/aromatic N) is 2. The maximum atomic E-state index is 12.6. The molecule has 1 aliphatic rings. The summed E-state index contributed by atoms with van der Waals surface area (Å²) in [6.07, 6.45) is 3.33. The lowest BCUT2D eigenvalue weighted by Crippen LogP contribution is -2.11. The summed E-state index contributed by atoms with van der Waals surface area (Å²) < 4.78 is 3.17. The number of hydrogen-bond acceptors (Lipinski definition) is 4. The molecule has 3 aromatic rings. The third kappa shape index (κ3) is 4.00. The first kappa shape index (κ1) is 17.7. The van der Waals surface area contributed by atoms with E-state index < -0.39 is 0 Å². The number of thioether (sulfide) groups is 2. The van der Waals surface area contributed by atoms with Crippen molar-refractivity contribution in [2.75, 3.05) is 16.8 Å². The number of amides is 1. The van der Waals surface area contributed by atoms with Crippen LogP contribution in [0.3, 0.4) is 0 Å². The molecule has 4 nitrogen and oxygen atoms in total. The van der Waals surface area contributed by atoms with Gasteiger partial charge in [0.2, 0.25) is 0 Å². The van der Waals surface area contributed by atoms with Crippen molar-refractivity contribution in [3.63, 3.8) is 0 Å². The molecule has 132 valence electrons. The van der Waals surface area contributed by atoms with E-state index in [1.54, 1.807) is 17.1 Å². The minimum atomic E-state index is -0.155. The number of aromatic nitrogens is 2. The Hall–Kier alpha value is -1.70. The highest BCUT2D eigenvalue weighted by atomic mass is 79.9. The van der Waals surface area contributed by atoms with Crippen LogP contribution in [-0.2, 0) is 0 Å². The van der Waals surface area contributed by atoms with E-state index >= 15 is 0 Å². The molecule has 1 saturated heterocycles. The van der Waals surface area contributed by atoms with Gasteiger partial charge in [0.05, 0.1) is 22.0 Å². The number of halogens is 1. The predicted octanol–water partition coefficient (Wildman–Crippen LogP) is 5.37. The maximum absolute atomic E-state index is 12.6. The fraction of sp³-hybridized carbons (Fsp3) is 0.158. The normalized spacial score (nSPS) is 14.5. The summed E-state index contributed by atoms with van der Waals surface area (Å²) in [5, 5.41) is 7.27. The molecule has 2 aromatic carbocycles. The van der Waals surface area contributed by atoms with Crippen molar-refractivity contribution in [1.82, 2.24) is 9.78 Å². The molecule has 0 aliphatic carbocycles. The molecule has 0 unspecified atom stereocenters. The van der Waals surface area contributed by atoms with Crippen LogP contribution in [-0.4, -0.2) is 27.2 Å². The SMILES string of the molecule is O=C(Nc1cccc(C2SCCS2)c1)c1cnn(-c2ccc(Br)cc2)c1. The molecule has 0 atom stereocenters. The molecule has 1 N–H and O–H groups in total.